The average Bonchev–Trinajstić information content (AvgIpc) is 2.98. The molecule has 6 nitrogen and oxygen atoms in total. The Bertz CT molecular complexity index is 843. The topological polar surface area (TPSA) is 73.8 Å². The van der Waals surface area contributed by atoms with Crippen molar-refractivity contribution in [3.8, 4) is 0 Å². The van der Waals surface area contributed by atoms with Crippen molar-refractivity contribution >= 4 is 31.7 Å². The maximum absolute atomic E-state index is 10.6. The van der Waals surface area contributed by atoms with E-state index in [9.17, 15) is 10.1 Å². The molecule has 0 unspecified atom stereocenters. The van der Waals surface area contributed by atoms with Crippen LogP contribution in [0.3, 0.4) is 0 Å². The van der Waals surface area contributed by atoms with E-state index >= 15 is 0 Å². The summed E-state index contributed by atoms with van der Waals surface area (Å²) >= 11 is 0.312. The van der Waals surface area contributed by atoms with Crippen molar-refractivity contribution in [2.45, 2.75) is 11.9 Å². The second-order valence-corrected chi connectivity index (χ2v) is 6.74. The number of nitro groups is 1. The van der Waals surface area contributed by atoms with Gasteiger partial charge in [0.05, 0.1) is 0 Å². The third kappa shape index (κ3) is 3.83. The second kappa shape index (κ2) is 7.17. The zero-order valence-electron chi connectivity index (χ0n) is 12.2. The Kier molecular flexibility index (Phi) is 4.80. The number of hydrogen-bond donors (Lipinski definition) is 0. The van der Waals surface area contributed by atoms with E-state index in [1.165, 1.54) is 0 Å². The molecule has 0 saturated carbocycles. The Morgan fingerprint density at radius 3 is 2.74 bits per heavy atom. The van der Waals surface area contributed by atoms with E-state index in [0.29, 0.717) is 21.5 Å². The van der Waals surface area contributed by atoms with E-state index in [1.54, 1.807) is 12.1 Å². The molecule has 3 aromatic rings. The molecule has 116 valence electrons. The molecule has 0 atom stereocenters. The van der Waals surface area contributed by atoms with Gasteiger partial charge in [-0.3, -0.25) is 0 Å². The van der Waals surface area contributed by atoms with Crippen LogP contribution in [0, 0.1) is 10.1 Å². The normalized spacial score (nSPS) is 11.3. The number of nitrogens with zero attached hydrogens (tertiary/aromatic N) is 4. The summed E-state index contributed by atoms with van der Waals surface area (Å²) in [7, 11) is 0. The van der Waals surface area contributed by atoms with Crippen LogP contribution >= 0.6 is 0 Å². The van der Waals surface area contributed by atoms with Gasteiger partial charge in [-0.1, -0.05) is 0 Å². The van der Waals surface area contributed by atoms with Gasteiger partial charge in [0.2, 0.25) is 0 Å². The summed E-state index contributed by atoms with van der Waals surface area (Å²) in [5, 5.41) is 19.8. The summed E-state index contributed by atoms with van der Waals surface area (Å²) < 4.78 is 1.87. The first-order valence-corrected chi connectivity index (χ1v) is 9.22. The van der Waals surface area contributed by atoms with E-state index in [2.05, 4.69) is 21.4 Å². The summed E-state index contributed by atoms with van der Waals surface area (Å²) in [6.45, 7) is 0.697. The molecule has 0 aliphatic heterocycles. The monoisotopic (exact) mass is 374 g/mol. The Labute approximate surface area is 139 Å². The fraction of sp³-hybridized carbons (Fsp3) is 0.125. The number of fused-ring (bicyclic) bond motifs is 1. The first-order valence-electron chi connectivity index (χ1n) is 7.02. The van der Waals surface area contributed by atoms with Crippen LogP contribution in [0.1, 0.15) is 5.56 Å². The molecule has 3 rings (SSSR count). The van der Waals surface area contributed by atoms with Crippen molar-refractivity contribution in [2.24, 2.45) is 0 Å². The van der Waals surface area contributed by atoms with Gasteiger partial charge in [0, 0.05) is 0 Å². The molecule has 0 saturated heterocycles. The Morgan fingerprint density at radius 1 is 1.17 bits per heavy atom. The molecule has 0 aliphatic carbocycles. The second-order valence-electron chi connectivity index (χ2n) is 4.87. The van der Waals surface area contributed by atoms with E-state index in [1.807, 2.05) is 41.1 Å². The summed E-state index contributed by atoms with van der Waals surface area (Å²) in [5.74, 6) is 0. The van der Waals surface area contributed by atoms with Crippen LogP contribution in [0.25, 0.3) is 11.0 Å². The zero-order chi connectivity index (χ0) is 16.1. The quantitative estimate of drug-likeness (QED) is 0.378. The van der Waals surface area contributed by atoms with Gasteiger partial charge < -0.3 is 0 Å². The number of allylic oxidation sites excluding steroid dienone is 1. The molecule has 0 radical (unpaired) electrons. The Balaban J connectivity index is 1.52. The minimum atomic E-state index is -0.378. The van der Waals surface area contributed by atoms with E-state index in [4.69, 9.17) is 0 Å². The average molecular weight is 373 g/mol. The number of benzene rings is 2. The fourth-order valence-electron chi connectivity index (χ4n) is 2.12. The molecule has 0 amide bonds. The maximum atomic E-state index is 10.6. The van der Waals surface area contributed by atoms with Gasteiger partial charge in [0.25, 0.3) is 0 Å². The number of aromatic nitrogens is 3. The van der Waals surface area contributed by atoms with Crippen molar-refractivity contribution in [3.63, 3.8) is 0 Å². The molecule has 0 spiro atoms. The van der Waals surface area contributed by atoms with Crippen LogP contribution < -0.4 is 0 Å². The van der Waals surface area contributed by atoms with Crippen molar-refractivity contribution in [3.05, 3.63) is 75.3 Å². The molecule has 1 heterocycles. The minimum absolute atomic E-state index is 0.134. The number of hydrogen-bond acceptors (Lipinski definition) is 4. The first-order chi connectivity index (χ1) is 11.2. The van der Waals surface area contributed by atoms with Crippen LogP contribution in [-0.4, -0.2) is 34.9 Å². The van der Waals surface area contributed by atoms with E-state index in [-0.39, 0.29) is 10.6 Å². The Hall–Kier alpha value is -2.50. The van der Waals surface area contributed by atoms with Crippen molar-refractivity contribution in [2.75, 3.05) is 0 Å². The van der Waals surface area contributed by atoms with Crippen LogP contribution in [-0.2, 0) is 11.9 Å². The molecule has 7 heteroatoms. The van der Waals surface area contributed by atoms with Crippen LogP contribution in [0.15, 0.2) is 59.6 Å². The first kappa shape index (κ1) is 15.4. The van der Waals surface area contributed by atoms with Crippen molar-refractivity contribution < 1.29 is 4.92 Å². The van der Waals surface area contributed by atoms with Crippen LogP contribution in [0.4, 0.5) is 5.69 Å². The van der Waals surface area contributed by atoms with Crippen molar-refractivity contribution in [1.82, 2.24) is 15.0 Å². The summed E-state index contributed by atoms with van der Waals surface area (Å²) in [5.41, 5.74) is 3.18. The molecule has 1 aromatic heterocycles. The predicted molar refractivity (Wildman–Crippen MR) is 89.2 cm³/mol. The number of nitro benzene ring substituents is 1. The molecular weight excluding hydrogens is 359 g/mol. The van der Waals surface area contributed by atoms with Crippen LogP contribution in [0.2, 0.25) is 0 Å². The summed E-state index contributed by atoms with van der Waals surface area (Å²) in [4.78, 5) is 12.4. The molecule has 0 bridgehead atoms. The van der Waals surface area contributed by atoms with Gasteiger partial charge in [-0.2, -0.15) is 0 Å². The summed E-state index contributed by atoms with van der Waals surface area (Å²) in [6, 6.07) is 14.6. The van der Waals surface area contributed by atoms with E-state index < -0.39 is 0 Å². The third-order valence-electron chi connectivity index (χ3n) is 3.29. The standard InChI is InChI=1S/C16H14N4O2Se/c21-20(22)14-8-6-13(7-9-14)12-23-11-3-10-19-16-5-2-1-4-15(16)17-18-19/h1-9,11H,10,12H2/b11-3+. The molecule has 2 aromatic carbocycles. The van der Waals surface area contributed by atoms with Gasteiger partial charge in [-0.25, -0.2) is 0 Å². The third-order valence-corrected chi connectivity index (χ3v) is 5.14. The zero-order valence-corrected chi connectivity index (χ0v) is 13.9. The van der Waals surface area contributed by atoms with Gasteiger partial charge in [0.15, 0.2) is 0 Å². The molecule has 0 N–H and O–H groups in total. The molecular formula is C16H14N4O2Se. The fourth-order valence-corrected chi connectivity index (χ4v) is 3.60. The van der Waals surface area contributed by atoms with Gasteiger partial charge in [-0.05, 0) is 0 Å². The number of para-hydroxylation sites is 1. The van der Waals surface area contributed by atoms with Gasteiger partial charge in [0.1, 0.15) is 0 Å². The van der Waals surface area contributed by atoms with Crippen LogP contribution in [0.5, 0.6) is 0 Å². The number of non-ortho nitro benzene ring substituents is 1. The van der Waals surface area contributed by atoms with Gasteiger partial charge in [-0.15, -0.1) is 0 Å². The molecule has 0 aliphatic rings. The van der Waals surface area contributed by atoms with Crippen molar-refractivity contribution in [1.29, 1.82) is 0 Å². The predicted octanol–water partition coefficient (Wildman–Crippen LogP) is 2.76. The molecule has 23 heavy (non-hydrogen) atoms. The Morgan fingerprint density at radius 2 is 1.96 bits per heavy atom. The SMILES string of the molecule is O=[N+]([O-])c1ccc(C[Se]/C=C/Cn2nnc3ccccc32)cc1. The van der Waals surface area contributed by atoms with Gasteiger partial charge >= 0.3 is 139 Å². The summed E-state index contributed by atoms with van der Waals surface area (Å²) in [6.07, 6.45) is 2.09. The number of rotatable bonds is 6. The van der Waals surface area contributed by atoms with E-state index in [0.717, 1.165) is 21.9 Å². The molecule has 0 fully saturated rings.